The molecule has 0 fully saturated rings. The van der Waals surface area contributed by atoms with E-state index in [-0.39, 0.29) is 0 Å². The van der Waals surface area contributed by atoms with Gasteiger partial charge in [0.25, 0.3) is 0 Å². The Balaban J connectivity index is 1.70. The van der Waals surface area contributed by atoms with Crippen LogP contribution in [-0.2, 0) is 19.5 Å². The third-order valence-corrected chi connectivity index (χ3v) is 2.72. The molecule has 0 saturated heterocycles. The molecule has 0 spiro atoms. The van der Waals surface area contributed by atoms with Crippen molar-refractivity contribution in [1.82, 2.24) is 5.32 Å². The summed E-state index contributed by atoms with van der Waals surface area (Å²) in [5.74, 6) is 1.02. The van der Waals surface area contributed by atoms with Crippen molar-refractivity contribution >= 4 is 0 Å². The molecule has 1 aromatic carbocycles. The Morgan fingerprint density at radius 3 is 2.47 bits per heavy atom. The zero-order chi connectivity index (χ0) is 11.9. The van der Waals surface area contributed by atoms with E-state index in [1.54, 1.807) is 6.26 Å². The third-order valence-electron chi connectivity index (χ3n) is 2.72. The van der Waals surface area contributed by atoms with E-state index in [1.165, 1.54) is 11.1 Å². The van der Waals surface area contributed by atoms with Gasteiger partial charge in [-0.15, -0.1) is 0 Å². The van der Waals surface area contributed by atoms with E-state index >= 15 is 0 Å². The smallest absolute Gasteiger partial charge is 0.105 e. The van der Waals surface area contributed by atoms with E-state index in [1.807, 2.05) is 12.1 Å². The van der Waals surface area contributed by atoms with Gasteiger partial charge in [-0.05, 0) is 23.3 Å². The zero-order valence-electron chi connectivity index (χ0n) is 9.86. The molecular formula is C14H18N2O. The van der Waals surface area contributed by atoms with Gasteiger partial charge >= 0.3 is 0 Å². The molecule has 2 rings (SSSR count). The summed E-state index contributed by atoms with van der Waals surface area (Å²) in [7, 11) is 0. The molecule has 0 atom stereocenters. The molecule has 0 aliphatic heterocycles. The van der Waals surface area contributed by atoms with Crippen LogP contribution in [0.25, 0.3) is 0 Å². The van der Waals surface area contributed by atoms with Gasteiger partial charge in [0.05, 0.1) is 6.26 Å². The van der Waals surface area contributed by atoms with Crippen LogP contribution in [0.4, 0.5) is 0 Å². The first-order valence-electron chi connectivity index (χ1n) is 5.89. The summed E-state index contributed by atoms with van der Waals surface area (Å²) in [5.41, 5.74) is 8.00. The number of nitrogens with one attached hydrogen (secondary N) is 1. The van der Waals surface area contributed by atoms with Crippen molar-refractivity contribution < 1.29 is 4.42 Å². The van der Waals surface area contributed by atoms with Crippen molar-refractivity contribution in [2.24, 2.45) is 5.73 Å². The largest absolute Gasteiger partial charge is 0.469 e. The summed E-state index contributed by atoms with van der Waals surface area (Å²) in [4.78, 5) is 0. The van der Waals surface area contributed by atoms with Crippen molar-refractivity contribution in [1.29, 1.82) is 0 Å². The van der Waals surface area contributed by atoms with Crippen molar-refractivity contribution in [2.45, 2.75) is 19.5 Å². The highest BCUT2D eigenvalue weighted by Gasteiger charge is 1.96. The molecular weight excluding hydrogens is 212 g/mol. The van der Waals surface area contributed by atoms with Crippen LogP contribution in [0.15, 0.2) is 47.1 Å². The molecule has 3 N–H and O–H groups in total. The Morgan fingerprint density at radius 2 is 1.82 bits per heavy atom. The predicted molar refractivity (Wildman–Crippen MR) is 68.5 cm³/mol. The Hall–Kier alpha value is -1.58. The van der Waals surface area contributed by atoms with Crippen LogP contribution < -0.4 is 11.1 Å². The lowest BCUT2D eigenvalue weighted by molar-refractivity contribution is 0.499. The van der Waals surface area contributed by atoms with Crippen molar-refractivity contribution in [3.63, 3.8) is 0 Å². The SMILES string of the molecule is NCc1ccc(CNCCc2ccco2)cc1. The second-order valence-corrected chi connectivity index (χ2v) is 4.03. The Bertz CT molecular complexity index is 420. The first-order chi connectivity index (χ1) is 8.38. The summed E-state index contributed by atoms with van der Waals surface area (Å²) in [6, 6.07) is 12.3. The van der Waals surface area contributed by atoms with Crippen LogP contribution in [0, 0.1) is 0 Å². The molecule has 0 amide bonds. The fraction of sp³-hybridized carbons (Fsp3) is 0.286. The van der Waals surface area contributed by atoms with Crippen LogP contribution in [0.5, 0.6) is 0 Å². The molecule has 0 unspecified atom stereocenters. The summed E-state index contributed by atoms with van der Waals surface area (Å²) in [5, 5.41) is 3.39. The zero-order valence-corrected chi connectivity index (χ0v) is 9.86. The lowest BCUT2D eigenvalue weighted by Crippen LogP contribution is -2.16. The maximum Gasteiger partial charge on any atom is 0.105 e. The molecule has 17 heavy (non-hydrogen) atoms. The van der Waals surface area contributed by atoms with Crippen LogP contribution in [0.1, 0.15) is 16.9 Å². The molecule has 0 saturated carbocycles. The maximum absolute atomic E-state index is 5.55. The third kappa shape index (κ3) is 3.73. The Morgan fingerprint density at radius 1 is 1.06 bits per heavy atom. The number of rotatable bonds is 6. The average molecular weight is 230 g/mol. The molecule has 3 heteroatoms. The van der Waals surface area contributed by atoms with E-state index in [4.69, 9.17) is 10.2 Å². The molecule has 0 radical (unpaired) electrons. The predicted octanol–water partition coefficient (Wildman–Crippen LogP) is 2.07. The maximum atomic E-state index is 5.55. The minimum absolute atomic E-state index is 0.603. The van der Waals surface area contributed by atoms with Crippen LogP contribution >= 0.6 is 0 Å². The molecule has 1 aromatic heterocycles. The topological polar surface area (TPSA) is 51.2 Å². The van der Waals surface area contributed by atoms with Gasteiger partial charge in [-0.25, -0.2) is 0 Å². The molecule has 2 aromatic rings. The highest BCUT2D eigenvalue weighted by atomic mass is 16.3. The lowest BCUT2D eigenvalue weighted by atomic mass is 10.1. The van der Waals surface area contributed by atoms with Crippen LogP contribution in [0.2, 0.25) is 0 Å². The van der Waals surface area contributed by atoms with Crippen LogP contribution in [0.3, 0.4) is 0 Å². The average Bonchev–Trinajstić information content (AvgIpc) is 2.88. The lowest BCUT2D eigenvalue weighted by Gasteiger charge is -2.04. The van der Waals surface area contributed by atoms with Crippen molar-refractivity contribution in [3.8, 4) is 0 Å². The van der Waals surface area contributed by atoms with Gasteiger partial charge in [0.15, 0.2) is 0 Å². The number of hydrogen-bond acceptors (Lipinski definition) is 3. The quantitative estimate of drug-likeness (QED) is 0.747. The van der Waals surface area contributed by atoms with Crippen molar-refractivity contribution in [2.75, 3.05) is 6.54 Å². The standard InChI is InChI=1S/C14H18N2O/c15-10-12-3-5-13(6-4-12)11-16-8-7-14-2-1-9-17-14/h1-6,9,16H,7-8,10-11,15H2. The number of nitrogens with two attached hydrogens (primary N) is 1. The summed E-state index contributed by atoms with van der Waals surface area (Å²) in [6.07, 6.45) is 2.63. The Labute approximate surface area is 102 Å². The fourth-order valence-corrected chi connectivity index (χ4v) is 1.69. The number of benzene rings is 1. The van der Waals surface area contributed by atoms with E-state index in [0.717, 1.165) is 25.3 Å². The van der Waals surface area contributed by atoms with E-state index in [9.17, 15) is 0 Å². The number of furan rings is 1. The Kier molecular flexibility index (Phi) is 4.36. The van der Waals surface area contributed by atoms with E-state index in [0.29, 0.717) is 6.54 Å². The first-order valence-corrected chi connectivity index (χ1v) is 5.89. The molecule has 0 aliphatic rings. The fourth-order valence-electron chi connectivity index (χ4n) is 1.69. The van der Waals surface area contributed by atoms with Gasteiger partial charge in [-0.3, -0.25) is 0 Å². The normalized spacial score (nSPS) is 10.6. The van der Waals surface area contributed by atoms with Crippen LogP contribution in [-0.4, -0.2) is 6.54 Å². The van der Waals surface area contributed by atoms with Gasteiger partial charge in [-0.1, -0.05) is 24.3 Å². The molecule has 1 heterocycles. The van der Waals surface area contributed by atoms with Gasteiger partial charge in [0.1, 0.15) is 5.76 Å². The van der Waals surface area contributed by atoms with E-state index in [2.05, 4.69) is 29.6 Å². The van der Waals surface area contributed by atoms with Gasteiger partial charge < -0.3 is 15.5 Å². The van der Waals surface area contributed by atoms with E-state index < -0.39 is 0 Å². The van der Waals surface area contributed by atoms with Crippen molar-refractivity contribution in [3.05, 3.63) is 59.5 Å². The second kappa shape index (κ2) is 6.23. The highest BCUT2D eigenvalue weighted by molar-refractivity contribution is 5.22. The summed E-state index contributed by atoms with van der Waals surface area (Å²) < 4.78 is 5.26. The molecule has 0 bridgehead atoms. The summed E-state index contributed by atoms with van der Waals surface area (Å²) >= 11 is 0. The molecule has 0 aliphatic carbocycles. The highest BCUT2D eigenvalue weighted by Crippen LogP contribution is 2.04. The number of hydrogen-bond donors (Lipinski definition) is 2. The molecule has 3 nitrogen and oxygen atoms in total. The van der Waals surface area contributed by atoms with Gasteiger partial charge in [-0.2, -0.15) is 0 Å². The minimum atomic E-state index is 0.603. The second-order valence-electron chi connectivity index (χ2n) is 4.03. The minimum Gasteiger partial charge on any atom is -0.469 e. The van der Waals surface area contributed by atoms with Gasteiger partial charge in [0.2, 0.25) is 0 Å². The monoisotopic (exact) mass is 230 g/mol. The van der Waals surface area contributed by atoms with Gasteiger partial charge in [0, 0.05) is 26.1 Å². The molecule has 90 valence electrons. The summed E-state index contributed by atoms with van der Waals surface area (Å²) in [6.45, 7) is 2.41. The first kappa shape index (κ1) is 11.9.